The van der Waals surface area contributed by atoms with Gasteiger partial charge in [0.25, 0.3) is 0 Å². The van der Waals surface area contributed by atoms with E-state index in [1.807, 2.05) is 6.07 Å². The van der Waals surface area contributed by atoms with E-state index in [4.69, 9.17) is 9.40 Å². The van der Waals surface area contributed by atoms with Gasteiger partial charge in [0.05, 0.1) is 22.4 Å². The summed E-state index contributed by atoms with van der Waals surface area (Å²) in [5, 5.41) is 7.06. The fraction of sp³-hybridized carbons (Fsp3) is 0. The van der Waals surface area contributed by atoms with Crippen LogP contribution in [-0.4, -0.2) is 9.55 Å². The molecule has 49 heavy (non-hydrogen) atoms. The molecule has 230 valence electrons. The molecule has 0 saturated carbocycles. The number of para-hydroxylation sites is 4. The summed E-state index contributed by atoms with van der Waals surface area (Å²) in [5.74, 6) is 0.602. The lowest BCUT2D eigenvalue weighted by molar-refractivity contribution is 0.620. The average Bonchev–Trinajstić information content (AvgIpc) is 3.77. The molecule has 4 nitrogen and oxygen atoms in total. The van der Waals surface area contributed by atoms with Gasteiger partial charge in [-0.1, -0.05) is 115 Å². The van der Waals surface area contributed by atoms with Crippen LogP contribution in [0.1, 0.15) is 0 Å². The monoisotopic (exact) mass is 627 g/mol. The Morgan fingerprint density at radius 2 is 1.20 bits per heavy atom. The summed E-state index contributed by atoms with van der Waals surface area (Å²) in [6.45, 7) is 0. The maximum absolute atomic E-state index is 6.76. The van der Waals surface area contributed by atoms with Crippen LogP contribution >= 0.6 is 0 Å². The predicted molar refractivity (Wildman–Crippen MR) is 203 cm³/mol. The zero-order valence-corrected chi connectivity index (χ0v) is 26.5. The van der Waals surface area contributed by atoms with Crippen molar-refractivity contribution in [3.05, 3.63) is 176 Å². The molecule has 0 amide bonds. The minimum absolute atomic E-state index is 0.602. The van der Waals surface area contributed by atoms with Crippen LogP contribution in [0.5, 0.6) is 0 Å². The number of aromatic nitrogens is 2. The van der Waals surface area contributed by atoms with Crippen molar-refractivity contribution in [2.24, 2.45) is 0 Å². The third-order valence-corrected chi connectivity index (χ3v) is 9.54. The normalized spacial score (nSPS) is 11.7. The summed E-state index contributed by atoms with van der Waals surface area (Å²) in [7, 11) is 0. The van der Waals surface area contributed by atoms with E-state index in [1.165, 1.54) is 27.1 Å². The molecule has 4 heteroatoms. The third kappa shape index (κ3) is 4.35. The number of oxazole rings is 1. The first-order valence-corrected chi connectivity index (χ1v) is 16.6. The zero-order valence-electron chi connectivity index (χ0n) is 26.5. The molecule has 0 bridgehead atoms. The number of hydrogen-bond donors (Lipinski definition) is 0. The SMILES string of the molecule is c1ccc(N(c2cccc3nc(-c4ccc5ccccc5c4)oc23)c2cc3ccccc3c3c2c2ccccc2n3-c2ccccc2)cc1. The highest BCUT2D eigenvalue weighted by atomic mass is 16.3. The van der Waals surface area contributed by atoms with Crippen molar-refractivity contribution in [2.45, 2.75) is 0 Å². The van der Waals surface area contributed by atoms with Crippen LogP contribution in [-0.2, 0) is 0 Å². The molecule has 2 heterocycles. The number of benzene rings is 8. The Balaban J connectivity index is 1.30. The van der Waals surface area contributed by atoms with Gasteiger partial charge in [-0.3, -0.25) is 0 Å². The van der Waals surface area contributed by atoms with E-state index in [0.29, 0.717) is 5.89 Å². The molecule has 2 aromatic heterocycles. The van der Waals surface area contributed by atoms with Crippen LogP contribution in [0.3, 0.4) is 0 Å². The second-order valence-corrected chi connectivity index (χ2v) is 12.4. The Morgan fingerprint density at radius 1 is 0.510 bits per heavy atom. The molecular formula is C45H29N3O. The summed E-state index contributed by atoms with van der Waals surface area (Å²) >= 11 is 0. The number of fused-ring (bicyclic) bond motifs is 7. The summed E-state index contributed by atoms with van der Waals surface area (Å²) in [6, 6.07) is 62.0. The number of hydrogen-bond acceptors (Lipinski definition) is 3. The van der Waals surface area contributed by atoms with Gasteiger partial charge >= 0.3 is 0 Å². The Labute approximate surface area is 282 Å². The lowest BCUT2D eigenvalue weighted by atomic mass is 10.0. The third-order valence-electron chi connectivity index (χ3n) is 9.54. The maximum Gasteiger partial charge on any atom is 0.227 e. The lowest BCUT2D eigenvalue weighted by Crippen LogP contribution is -2.11. The van der Waals surface area contributed by atoms with E-state index in [1.54, 1.807) is 0 Å². The van der Waals surface area contributed by atoms with Crippen molar-refractivity contribution in [3.63, 3.8) is 0 Å². The fourth-order valence-electron chi connectivity index (χ4n) is 7.38. The van der Waals surface area contributed by atoms with Gasteiger partial charge in [0.2, 0.25) is 5.89 Å². The van der Waals surface area contributed by atoms with E-state index < -0.39 is 0 Å². The second-order valence-electron chi connectivity index (χ2n) is 12.4. The molecule has 0 aliphatic rings. The molecule has 0 saturated heterocycles. The molecule has 0 fully saturated rings. The minimum Gasteiger partial charge on any atom is -0.434 e. The Morgan fingerprint density at radius 3 is 2.04 bits per heavy atom. The summed E-state index contributed by atoms with van der Waals surface area (Å²) in [6.07, 6.45) is 0. The van der Waals surface area contributed by atoms with Gasteiger partial charge in [0.1, 0.15) is 5.52 Å². The summed E-state index contributed by atoms with van der Waals surface area (Å²) in [4.78, 5) is 7.37. The zero-order chi connectivity index (χ0) is 32.3. The van der Waals surface area contributed by atoms with Crippen LogP contribution in [0.2, 0.25) is 0 Å². The Bertz CT molecular complexity index is 2830. The first kappa shape index (κ1) is 27.5. The highest BCUT2D eigenvalue weighted by Crippen LogP contribution is 2.48. The van der Waals surface area contributed by atoms with Crippen molar-refractivity contribution >= 4 is 71.5 Å². The molecule has 0 radical (unpaired) electrons. The quantitative estimate of drug-likeness (QED) is 0.190. The molecule has 0 aliphatic heterocycles. The van der Waals surface area contributed by atoms with Gasteiger partial charge in [0, 0.05) is 33.1 Å². The van der Waals surface area contributed by atoms with Gasteiger partial charge < -0.3 is 13.9 Å². The molecular weight excluding hydrogens is 599 g/mol. The molecule has 10 rings (SSSR count). The predicted octanol–water partition coefficient (Wildman–Crippen LogP) is 12.4. The van der Waals surface area contributed by atoms with Gasteiger partial charge in [-0.25, -0.2) is 4.98 Å². The van der Waals surface area contributed by atoms with Gasteiger partial charge in [0.15, 0.2) is 5.58 Å². The van der Waals surface area contributed by atoms with Crippen LogP contribution in [0, 0.1) is 0 Å². The van der Waals surface area contributed by atoms with Gasteiger partial charge in [-0.2, -0.15) is 0 Å². The topological polar surface area (TPSA) is 34.2 Å². The Hall–Kier alpha value is -6.65. The highest BCUT2D eigenvalue weighted by molar-refractivity contribution is 6.25. The molecule has 0 atom stereocenters. The summed E-state index contributed by atoms with van der Waals surface area (Å²) in [5.41, 5.74) is 8.98. The molecule has 10 aromatic rings. The first-order chi connectivity index (χ1) is 24.3. The minimum atomic E-state index is 0.602. The van der Waals surface area contributed by atoms with Crippen molar-refractivity contribution < 1.29 is 4.42 Å². The highest BCUT2D eigenvalue weighted by Gasteiger charge is 2.25. The van der Waals surface area contributed by atoms with E-state index in [-0.39, 0.29) is 0 Å². The second kappa shape index (κ2) is 11.0. The van der Waals surface area contributed by atoms with Crippen LogP contribution < -0.4 is 4.90 Å². The fourth-order valence-corrected chi connectivity index (χ4v) is 7.38. The van der Waals surface area contributed by atoms with Crippen LogP contribution in [0.25, 0.3) is 71.6 Å². The summed E-state index contributed by atoms with van der Waals surface area (Å²) < 4.78 is 9.17. The lowest BCUT2D eigenvalue weighted by Gasteiger charge is -2.27. The molecule has 0 N–H and O–H groups in total. The maximum atomic E-state index is 6.76. The van der Waals surface area contributed by atoms with Gasteiger partial charge in [-0.15, -0.1) is 0 Å². The molecule has 0 spiro atoms. The van der Waals surface area contributed by atoms with E-state index in [9.17, 15) is 0 Å². The number of anilines is 3. The van der Waals surface area contributed by atoms with E-state index >= 15 is 0 Å². The van der Waals surface area contributed by atoms with Crippen molar-refractivity contribution in [2.75, 3.05) is 4.90 Å². The molecule has 0 unspecified atom stereocenters. The van der Waals surface area contributed by atoms with Crippen LogP contribution in [0.4, 0.5) is 17.1 Å². The van der Waals surface area contributed by atoms with E-state index in [0.717, 1.165) is 55.7 Å². The first-order valence-electron chi connectivity index (χ1n) is 16.6. The van der Waals surface area contributed by atoms with E-state index in [2.05, 4.69) is 179 Å². The smallest absolute Gasteiger partial charge is 0.227 e. The van der Waals surface area contributed by atoms with Gasteiger partial charge in [-0.05, 0) is 76.8 Å². The van der Waals surface area contributed by atoms with Crippen LogP contribution in [0.15, 0.2) is 180 Å². The Kier molecular flexibility index (Phi) is 6.15. The number of rotatable bonds is 5. The van der Waals surface area contributed by atoms with Crippen molar-refractivity contribution in [1.29, 1.82) is 0 Å². The van der Waals surface area contributed by atoms with Crippen molar-refractivity contribution in [3.8, 4) is 17.1 Å². The largest absolute Gasteiger partial charge is 0.434 e. The standard InChI is InChI=1S/C45H29N3O/c1-3-17-34(18-4-1)47(40-25-13-23-38-44(40)49-45(46-38)33-27-26-30-14-7-8-15-31(30)28-33)41-29-32-16-9-10-21-36(32)43-42(41)37-22-11-12-24-39(37)48(43)35-19-5-2-6-20-35/h1-29H. The number of nitrogens with zero attached hydrogens (tertiary/aromatic N) is 3. The molecule has 0 aliphatic carbocycles. The average molecular weight is 628 g/mol. The molecule has 8 aromatic carbocycles. The van der Waals surface area contributed by atoms with Crippen molar-refractivity contribution in [1.82, 2.24) is 9.55 Å².